The first kappa shape index (κ1) is 16.3. The molecule has 8 nitrogen and oxygen atoms in total. The average Bonchev–Trinajstić information content (AvgIpc) is 3.39. The van der Waals surface area contributed by atoms with E-state index in [1.807, 2.05) is 24.3 Å². The predicted octanol–water partition coefficient (Wildman–Crippen LogP) is 1.15. The summed E-state index contributed by atoms with van der Waals surface area (Å²) in [5, 5.41) is 5.12. The van der Waals surface area contributed by atoms with Crippen molar-refractivity contribution in [1.29, 1.82) is 0 Å². The van der Waals surface area contributed by atoms with Crippen LogP contribution in [0.5, 0.6) is 0 Å². The van der Waals surface area contributed by atoms with E-state index in [-0.39, 0.29) is 24.2 Å². The van der Waals surface area contributed by atoms with Crippen molar-refractivity contribution in [3.8, 4) is 0 Å². The van der Waals surface area contributed by atoms with Crippen LogP contribution in [0.25, 0.3) is 11.0 Å². The molecule has 0 unspecified atom stereocenters. The van der Waals surface area contributed by atoms with Gasteiger partial charge in [0, 0.05) is 19.5 Å². The summed E-state index contributed by atoms with van der Waals surface area (Å²) in [5.74, 6) is 0.743. The molecule has 8 heteroatoms. The van der Waals surface area contributed by atoms with E-state index >= 15 is 0 Å². The number of imidazole rings is 1. The number of hydrogen-bond donors (Lipinski definition) is 2. The van der Waals surface area contributed by atoms with E-state index in [0.717, 1.165) is 29.7 Å². The summed E-state index contributed by atoms with van der Waals surface area (Å²) in [4.78, 5) is 43.2. The average molecular weight is 367 g/mol. The SMILES string of the molecule is O=C1NC(=O)[C@](CCC(=O)N2CCn3c(nc4ccccc43)C2)(C2CC2)N1. The number of imide groups is 1. The number of nitrogens with one attached hydrogen (secondary N) is 2. The van der Waals surface area contributed by atoms with Crippen LogP contribution in [0.1, 0.15) is 31.5 Å². The fourth-order valence-corrected chi connectivity index (χ4v) is 4.39. The van der Waals surface area contributed by atoms with E-state index in [2.05, 4.69) is 20.2 Å². The Morgan fingerprint density at radius 2 is 2.04 bits per heavy atom. The summed E-state index contributed by atoms with van der Waals surface area (Å²) >= 11 is 0. The Balaban J connectivity index is 1.29. The standard InChI is InChI=1S/C19H21N5O3/c25-16(7-8-19(12-5-6-12)17(26)21-18(27)22-19)23-9-10-24-14-4-2-1-3-13(14)20-15(24)11-23/h1-4,12H,5-11H2,(H2,21,22,26,27)/t19-/m0/s1. The highest BCUT2D eigenvalue weighted by molar-refractivity contribution is 6.07. The molecule has 27 heavy (non-hydrogen) atoms. The number of fused-ring (bicyclic) bond motifs is 3. The van der Waals surface area contributed by atoms with Gasteiger partial charge in [-0.15, -0.1) is 0 Å². The van der Waals surface area contributed by atoms with Gasteiger partial charge in [-0.05, 0) is 37.3 Å². The zero-order chi connectivity index (χ0) is 18.6. The molecule has 2 aromatic rings. The normalized spacial score (nSPS) is 24.7. The molecule has 5 rings (SSSR count). The maximum Gasteiger partial charge on any atom is 0.322 e. The number of urea groups is 1. The molecule has 1 aliphatic carbocycles. The number of aromatic nitrogens is 2. The lowest BCUT2D eigenvalue weighted by Crippen LogP contribution is -2.50. The predicted molar refractivity (Wildman–Crippen MR) is 96.5 cm³/mol. The zero-order valence-corrected chi connectivity index (χ0v) is 14.9. The lowest BCUT2D eigenvalue weighted by molar-refractivity contribution is -0.133. The minimum Gasteiger partial charge on any atom is -0.333 e. The molecule has 0 spiro atoms. The number of carbonyl (C=O) groups excluding carboxylic acids is 3. The third-order valence-corrected chi connectivity index (χ3v) is 5.99. The quantitative estimate of drug-likeness (QED) is 0.792. The van der Waals surface area contributed by atoms with Crippen LogP contribution >= 0.6 is 0 Å². The van der Waals surface area contributed by atoms with Crippen LogP contribution in [0.4, 0.5) is 4.79 Å². The van der Waals surface area contributed by atoms with Crippen molar-refractivity contribution in [2.24, 2.45) is 5.92 Å². The van der Waals surface area contributed by atoms with Gasteiger partial charge in [-0.2, -0.15) is 0 Å². The van der Waals surface area contributed by atoms with Gasteiger partial charge < -0.3 is 14.8 Å². The van der Waals surface area contributed by atoms with Crippen molar-refractivity contribution < 1.29 is 14.4 Å². The van der Waals surface area contributed by atoms with Crippen molar-refractivity contribution in [3.05, 3.63) is 30.1 Å². The third kappa shape index (κ3) is 2.58. The number of nitrogens with zero attached hydrogens (tertiary/aromatic N) is 3. The van der Waals surface area contributed by atoms with Gasteiger partial charge in [0.05, 0.1) is 17.6 Å². The van der Waals surface area contributed by atoms with Crippen LogP contribution in [0.3, 0.4) is 0 Å². The van der Waals surface area contributed by atoms with Gasteiger partial charge in [0.1, 0.15) is 11.4 Å². The number of carbonyl (C=O) groups is 3. The fraction of sp³-hybridized carbons (Fsp3) is 0.474. The molecule has 1 atom stereocenters. The molecular formula is C19H21N5O3. The second-order valence-electron chi connectivity index (χ2n) is 7.64. The van der Waals surface area contributed by atoms with E-state index in [1.54, 1.807) is 4.90 Å². The van der Waals surface area contributed by atoms with Gasteiger partial charge in [0.25, 0.3) is 5.91 Å². The van der Waals surface area contributed by atoms with E-state index < -0.39 is 11.6 Å². The highest BCUT2D eigenvalue weighted by atomic mass is 16.2. The van der Waals surface area contributed by atoms with Crippen LogP contribution in [0, 0.1) is 5.92 Å². The van der Waals surface area contributed by atoms with E-state index in [4.69, 9.17) is 0 Å². The Morgan fingerprint density at radius 1 is 1.22 bits per heavy atom. The summed E-state index contributed by atoms with van der Waals surface area (Å²) in [7, 11) is 0. The zero-order valence-electron chi connectivity index (χ0n) is 14.9. The van der Waals surface area contributed by atoms with E-state index in [1.165, 1.54) is 0 Å². The molecular weight excluding hydrogens is 346 g/mol. The summed E-state index contributed by atoms with van der Waals surface area (Å²) in [6.07, 6.45) is 2.41. The van der Waals surface area contributed by atoms with Crippen LogP contribution in [-0.4, -0.2) is 44.4 Å². The second kappa shape index (κ2) is 5.80. The highest BCUT2D eigenvalue weighted by Gasteiger charge is 2.55. The van der Waals surface area contributed by atoms with Gasteiger partial charge >= 0.3 is 6.03 Å². The Labute approximate surface area is 155 Å². The van der Waals surface area contributed by atoms with E-state index in [9.17, 15) is 14.4 Å². The molecule has 0 radical (unpaired) electrons. The maximum absolute atomic E-state index is 12.8. The molecule has 1 saturated heterocycles. The monoisotopic (exact) mass is 367 g/mol. The lowest BCUT2D eigenvalue weighted by atomic mass is 9.87. The Kier molecular flexibility index (Phi) is 3.50. The fourth-order valence-electron chi connectivity index (χ4n) is 4.39. The molecule has 4 amide bonds. The first-order chi connectivity index (χ1) is 13.1. The van der Waals surface area contributed by atoms with Crippen molar-refractivity contribution in [3.63, 3.8) is 0 Å². The molecule has 0 bridgehead atoms. The number of rotatable bonds is 4. The summed E-state index contributed by atoms with van der Waals surface area (Å²) in [6, 6.07) is 7.53. The smallest absolute Gasteiger partial charge is 0.322 e. The number of hydrogen-bond acceptors (Lipinski definition) is 4. The summed E-state index contributed by atoms with van der Waals surface area (Å²) in [6.45, 7) is 1.82. The molecule has 1 aromatic carbocycles. The van der Waals surface area contributed by atoms with Gasteiger partial charge in [-0.25, -0.2) is 9.78 Å². The first-order valence-corrected chi connectivity index (χ1v) is 9.42. The second-order valence-corrected chi connectivity index (χ2v) is 7.64. The van der Waals surface area contributed by atoms with Gasteiger partial charge in [-0.1, -0.05) is 12.1 Å². The van der Waals surface area contributed by atoms with Crippen LogP contribution in [0.2, 0.25) is 0 Å². The minimum absolute atomic E-state index is 0.00211. The first-order valence-electron chi connectivity index (χ1n) is 9.42. The van der Waals surface area contributed by atoms with Crippen molar-refractivity contribution in [2.45, 2.75) is 44.3 Å². The minimum atomic E-state index is -0.907. The summed E-state index contributed by atoms with van der Waals surface area (Å²) < 4.78 is 2.16. The van der Waals surface area contributed by atoms with Crippen LogP contribution in [-0.2, 0) is 22.7 Å². The van der Waals surface area contributed by atoms with Crippen LogP contribution in [0.15, 0.2) is 24.3 Å². The number of amides is 4. The van der Waals surface area contributed by atoms with Crippen molar-refractivity contribution >= 4 is 28.9 Å². The molecule has 1 aromatic heterocycles. The highest BCUT2D eigenvalue weighted by Crippen LogP contribution is 2.43. The van der Waals surface area contributed by atoms with E-state index in [0.29, 0.717) is 26.1 Å². The van der Waals surface area contributed by atoms with Crippen LogP contribution < -0.4 is 10.6 Å². The molecule has 3 heterocycles. The van der Waals surface area contributed by atoms with Crippen molar-refractivity contribution in [2.75, 3.05) is 6.54 Å². The third-order valence-electron chi connectivity index (χ3n) is 5.99. The maximum atomic E-state index is 12.8. The molecule has 2 aliphatic heterocycles. The number of para-hydroxylation sites is 2. The molecule has 140 valence electrons. The lowest BCUT2D eigenvalue weighted by Gasteiger charge is -2.30. The van der Waals surface area contributed by atoms with Gasteiger partial charge in [0.2, 0.25) is 5.91 Å². The Morgan fingerprint density at radius 3 is 2.78 bits per heavy atom. The summed E-state index contributed by atoms with van der Waals surface area (Å²) in [5.41, 5.74) is 1.13. The number of benzene rings is 1. The Bertz CT molecular complexity index is 963. The largest absolute Gasteiger partial charge is 0.333 e. The molecule has 1 saturated carbocycles. The molecule has 3 aliphatic rings. The van der Waals surface area contributed by atoms with Gasteiger partial charge in [-0.3, -0.25) is 14.9 Å². The molecule has 2 N–H and O–H groups in total. The molecule has 2 fully saturated rings. The Hall–Kier alpha value is -2.90. The van der Waals surface area contributed by atoms with Crippen molar-refractivity contribution in [1.82, 2.24) is 25.1 Å². The topological polar surface area (TPSA) is 96.3 Å². The van der Waals surface area contributed by atoms with Gasteiger partial charge in [0.15, 0.2) is 0 Å².